The monoisotopic (exact) mass is 311 g/mol. The van der Waals surface area contributed by atoms with E-state index in [1.165, 1.54) is 4.31 Å². The maximum Gasteiger partial charge on any atom is 0.243 e. The normalized spacial score (nSPS) is 24.4. The summed E-state index contributed by atoms with van der Waals surface area (Å²) in [6, 6.07) is 7.15. The van der Waals surface area contributed by atoms with Crippen molar-refractivity contribution in [3.63, 3.8) is 0 Å². The Hall–Kier alpha value is -0.910. The van der Waals surface area contributed by atoms with E-state index < -0.39 is 10.0 Å². The predicted molar refractivity (Wildman–Crippen MR) is 83.6 cm³/mol. The third-order valence-corrected chi connectivity index (χ3v) is 6.38. The van der Waals surface area contributed by atoms with Crippen LogP contribution < -0.4 is 0 Å². The maximum atomic E-state index is 12.7. The van der Waals surface area contributed by atoms with Crippen LogP contribution in [-0.4, -0.2) is 37.5 Å². The molecule has 0 aromatic heterocycles. The van der Waals surface area contributed by atoms with Gasteiger partial charge in [0.15, 0.2) is 0 Å². The molecule has 0 radical (unpaired) electrons. The van der Waals surface area contributed by atoms with Crippen molar-refractivity contribution in [2.75, 3.05) is 19.7 Å². The molecule has 1 N–H and O–H groups in total. The number of sulfonamides is 1. The van der Waals surface area contributed by atoms with E-state index in [-0.39, 0.29) is 12.5 Å². The molecule has 1 aromatic carbocycles. The van der Waals surface area contributed by atoms with E-state index in [0.717, 1.165) is 12.0 Å². The van der Waals surface area contributed by atoms with Crippen LogP contribution in [0.4, 0.5) is 0 Å². The average Bonchev–Trinajstić information content (AvgIpc) is 2.47. The highest BCUT2D eigenvalue weighted by Gasteiger charge is 2.33. The molecule has 4 nitrogen and oxygen atoms in total. The zero-order valence-corrected chi connectivity index (χ0v) is 13.8. The van der Waals surface area contributed by atoms with Crippen LogP contribution in [0, 0.1) is 11.8 Å². The summed E-state index contributed by atoms with van der Waals surface area (Å²) in [5, 5.41) is 9.39. The Bertz CT molecular complexity index is 566. The molecule has 0 aliphatic carbocycles. The fourth-order valence-electron chi connectivity index (χ4n) is 2.75. The Kier molecular flexibility index (Phi) is 5.07. The van der Waals surface area contributed by atoms with Gasteiger partial charge in [0.1, 0.15) is 0 Å². The molecule has 1 fully saturated rings. The van der Waals surface area contributed by atoms with Gasteiger partial charge < -0.3 is 5.11 Å². The van der Waals surface area contributed by atoms with E-state index in [9.17, 15) is 13.5 Å². The molecule has 0 amide bonds. The van der Waals surface area contributed by atoms with Crippen molar-refractivity contribution in [3.05, 3.63) is 29.8 Å². The van der Waals surface area contributed by atoms with Crippen molar-refractivity contribution in [1.82, 2.24) is 4.31 Å². The van der Waals surface area contributed by atoms with Gasteiger partial charge in [-0.2, -0.15) is 4.31 Å². The van der Waals surface area contributed by atoms with Crippen LogP contribution in [0.1, 0.15) is 38.7 Å². The molecule has 1 aromatic rings. The second-order valence-corrected chi connectivity index (χ2v) is 8.23. The van der Waals surface area contributed by atoms with Crippen LogP contribution in [0.15, 0.2) is 29.2 Å². The number of nitrogens with zero attached hydrogens (tertiary/aromatic N) is 1. The lowest BCUT2D eigenvalue weighted by Crippen LogP contribution is -2.44. The van der Waals surface area contributed by atoms with Crippen molar-refractivity contribution in [2.24, 2.45) is 11.8 Å². The van der Waals surface area contributed by atoms with Gasteiger partial charge in [-0.3, -0.25) is 0 Å². The molecule has 118 valence electrons. The molecule has 2 unspecified atom stereocenters. The quantitative estimate of drug-likeness (QED) is 0.929. The molecule has 1 aliphatic heterocycles. The zero-order valence-electron chi connectivity index (χ0n) is 13.0. The highest BCUT2D eigenvalue weighted by atomic mass is 32.2. The maximum absolute atomic E-state index is 12.7. The van der Waals surface area contributed by atoms with Crippen molar-refractivity contribution in [3.8, 4) is 0 Å². The van der Waals surface area contributed by atoms with Gasteiger partial charge in [-0.15, -0.1) is 0 Å². The van der Waals surface area contributed by atoms with Crippen LogP contribution >= 0.6 is 0 Å². The minimum atomic E-state index is -3.45. The number of hydrogen-bond acceptors (Lipinski definition) is 3. The van der Waals surface area contributed by atoms with Gasteiger partial charge in [-0.05, 0) is 41.9 Å². The minimum Gasteiger partial charge on any atom is -0.396 e. The molecule has 5 heteroatoms. The first-order valence-corrected chi connectivity index (χ1v) is 9.01. The van der Waals surface area contributed by atoms with E-state index in [1.807, 2.05) is 12.1 Å². The van der Waals surface area contributed by atoms with E-state index in [2.05, 4.69) is 20.8 Å². The van der Waals surface area contributed by atoms with Crippen LogP contribution in [-0.2, 0) is 10.0 Å². The Morgan fingerprint density at radius 2 is 1.90 bits per heavy atom. The van der Waals surface area contributed by atoms with Gasteiger partial charge in [0, 0.05) is 19.7 Å². The lowest BCUT2D eigenvalue weighted by molar-refractivity contribution is 0.120. The van der Waals surface area contributed by atoms with Crippen LogP contribution in [0.5, 0.6) is 0 Å². The number of piperidine rings is 1. The molecule has 0 spiro atoms. The first-order chi connectivity index (χ1) is 9.86. The molecule has 2 atom stereocenters. The van der Waals surface area contributed by atoms with Gasteiger partial charge >= 0.3 is 0 Å². The van der Waals surface area contributed by atoms with Crippen molar-refractivity contribution < 1.29 is 13.5 Å². The van der Waals surface area contributed by atoms with Crippen molar-refractivity contribution in [2.45, 2.75) is 38.0 Å². The van der Waals surface area contributed by atoms with Crippen molar-refractivity contribution >= 4 is 10.0 Å². The molecular weight excluding hydrogens is 286 g/mol. The molecule has 2 rings (SSSR count). The second kappa shape index (κ2) is 6.46. The lowest BCUT2D eigenvalue weighted by Gasteiger charge is -2.35. The Balaban J connectivity index is 2.21. The lowest BCUT2D eigenvalue weighted by atomic mass is 9.89. The smallest absolute Gasteiger partial charge is 0.243 e. The van der Waals surface area contributed by atoms with Gasteiger partial charge in [0.2, 0.25) is 10.0 Å². The summed E-state index contributed by atoms with van der Waals surface area (Å²) in [5.74, 6) is 0.782. The summed E-state index contributed by atoms with van der Waals surface area (Å²) in [6.07, 6.45) is 0.800. The summed E-state index contributed by atoms with van der Waals surface area (Å²) < 4.78 is 26.9. The van der Waals surface area contributed by atoms with Gasteiger partial charge in [0.25, 0.3) is 0 Å². The molecule has 1 heterocycles. The van der Waals surface area contributed by atoms with E-state index in [4.69, 9.17) is 0 Å². The summed E-state index contributed by atoms with van der Waals surface area (Å²) in [4.78, 5) is 0.346. The topological polar surface area (TPSA) is 57.6 Å². The predicted octanol–water partition coefficient (Wildman–Crippen LogP) is 2.45. The van der Waals surface area contributed by atoms with Gasteiger partial charge in [0.05, 0.1) is 4.90 Å². The molecule has 1 aliphatic rings. The highest BCUT2D eigenvalue weighted by molar-refractivity contribution is 7.89. The molecule has 21 heavy (non-hydrogen) atoms. The number of hydrogen-bond donors (Lipinski definition) is 1. The van der Waals surface area contributed by atoms with Gasteiger partial charge in [-0.25, -0.2) is 8.42 Å². The fraction of sp³-hybridized carbons (Fsp3) is 0.625. The standard InChI is InChI=1S/C16H25NO3S/c1-12(2)14-4-6-16(7-5-14)21(19,20)17-9-8-13(3)15(10-17)11-18/h4-7,12-13,15,18H,8-11H2,1-3H3. The van der Waals surface area contributed by atoms with E-state index in [0.29, 0.717) is 29.8 Å². The minimum absolute atomic E-state index is 0.0310. The number of aliphatic hydroxyl groups excluding tert-OH is 1. The molecule has 1 saturated heterocycles. The van der Waals surface area contributed by atoms with E-state index in [1.54, 1.807) is 12.1 Å². The van der Waals surface area contributed by atoms with Gasteiger partial charge in [-0.1, -0.05) is 32.9 Å². The summed E-state index contributed by atoms with van der Waals surface area (Å²) >= 11 is 0. The van der Waals surface area contributed by atoms with Crippen LogP contribution in [0.3, 0.4) is 0 Å². The zero-order chi connectivity index (χ0) is 15.6. The largest absolute Gasteiger partial charge is 0.396 e. The Labute approximate surface area is 127 Å². The second-order valence-electron chi connectivity index (χ2n) is 6.30. The third kappa shape index (κ3) is 3.47. The number of aliphatic hydroxyl groups is 1. The van der Waals surface area contributed by atoms with E-state index >= 15 is 0 Å². The van der Waals surface area contributed by atoms with Crippen LogP contribution in [0.25, 0.3) is 0 Å². The fourth-order valence-corrected chi connectivity index (χ4v) is 4.26. The summed E-state index contributed by atoms with van der Waals surface area (Å²) in [5.41, 5.74) is 1.13. The van der Waals surface area contributed by atoms with Crippen LogP contribution in [0.2, 0.25) is 0 Å². The Morgan fingerprint density at radius 3 is 2.43 bits per heavy atom. The highest BCUT2D eigenvalue weighted by Crippen LogP contribution is 2.28. The summed E-state index contributed by atoms with van der Waals surface area (Å²) in [6.45, 7) is 7.22. The first kappa shape index (κ1) is 16.5. The summed E-state index contributed by atoms with van der Waals surface area (Å²) in [7, 11) is -3.45. The third-order valence-electron chi connectivity index (χ3n) is 4.50. The molecule has 0 saturated carbocycles. The average molecular weight is 311 g/mol. The molecule has 0 bridgehead atoms. The first-order valence-electron chi connectivity index (χ1n) is 7.57. The molecular formula is C16H25NO3S. The number of rotatable bonds is 4. The number of benzene rings is 1. The SMILES string of the molecule is CC(C)c1ccc(S(=O)(=O)N2CCC(C)C(CO)C2)cc1. The van der Waals surface area contributed by atoms with Crippen molar-refractivity contribution in [1.29, 1.82) is 0 Å². The Morgan fingerprint density at radius 1 is 1.29 bits per heavy atom.